The minimum absolute atomic E-state index is 0.0124. The summed E-state index contributed by atoms with van der Waals surface area (Å²) in [5, 5.41) is 2.70. The number of hydrogen-bond donors (Lipinski definition) is 1. The van der Waals surface area contributed by atoms with E-state index in [2.05, 4.69) is 5.32 Å². The van der Waals surface area contributed by atoms with Crippen molar-refractivity contribution in [3.05, 3.63) is 64.6 Å². The summed E-state index contributed by atoms with van der Waals surface area (Å²) in [5.74, 6) is 0.0814. The fourth-order valence-electron chi connectivity index (χ4n) is 5.07. The Kier molecular flexibility index (Phi) is 4.84. The molecule has 4 heterocycles. The van der Waals surface area contributed by atoms with E-state index < -0.39 is 12.1 Å². The topological polar surface area (TPSA) is 91.7 Å². The molecule has 31 heavy (non-hydrogen) atoms. The van der Waals surface area contributed by atoms with E-state index in [9.17, 15) is 19.2 Å². The average molecular weight is 420 g/mol. The maximum atomic E-state index is 12.9. The fourth-order valence-corrected chi connectivity index (χ4v) is 5.07. The van der Waals surface area contributed by atoms with Crippen molar-refractivity contribution < 1.29 is 14.4 Å². The van der Waals surface area contributed by atoms with Crippen molar-refractivity contribution in [2.45, 2.75) is 37.8 Å². The highest BCUT2D eigenvalue weighted by Gasteiger charge is 2.40. The summed E-state index contributed by atoms with van der Waals surface area (Å²) in [4.78, 5) is 53.1. The quantitative estimate of drug-likeness (QED) is 0.762. The molecule has 0 radical (unpaired) electrons. The first-order valence-corrected chi connectivity index (χ1v) is 10.7. The van der Waals surface area contributed by atoms with Crippen molar-refractivity contribution in [3.63, 3.8) is 0 Å². The average Bonchev–Trinajstić information content (AvgIpc) is 3.06. The first-order chi connectivity index (χ1) is 15.0. The number of benzene rings is 1. The molecule has 8 heteroatoms. The maximum Gasteiger partial charge on any atom is 0.329 e. The lowest BCUT2D eigenvalue weighted by atomic mass is 9.83. The standard InChI is InChI=1S/C23H24N4O4/c28-20(10-9-18-22(30)27(23(31)24-18)17-5-2-1-3-6-17)25-12-15-11-16(14-25)19-7-4-8-21(29)26(19)13-15/h1-8,15-16,18H,9-14H2,(H,24,31)/t15-,16+,18?/m1/s1. The number of fused-ring (bicyclic) bond motifs is 4. The van der Waals surface area contributed by atoms with Gasteiger partial charge in [-0.05, 0) is 37.0 Å². The predicted octanol–water partition coefficient (Wildman–Crippen LogP) is 1.70. The van der Waals surface area contributed by atoms with Gasteiger partial charge in [0.1, 0.15) is 6.04 Å². The van der Waals surface area contributed by atoms with Gasteiger partial charge >= 0.3 is 6.03 Å². The molecule has 4 amide bonds. The lowest BCUT2D eigenvalue weighted by molar-refractivity contribution is -0.134. The Morgan fingerprint density at radius 3 is 2.58 bits per heavy atom. The molecule has 1 N–H and O–H groups in total. The highest BCUT2D eigenvalue weighted by atomic mass is 16.2. The van der Waals surface area contributed by atoms with Crippen LogP contribution < -0.4 is 15.8 Å². The third-order valence-electron chi connectivity index (χ3n) is 6.51. The number of piperidine rings is 1. The van der Waals surface area contributed by atoms with E-state index >= 15 is 0 Å². The zero-order valence-corrected chi connectivity index (χ0v) is 17.1. The van der Waals surface area contributed by atoms with Crippen molar-refractivity contribution >= 4 is 23.5 Å². The van der Waals surface area contributed by atoms with Crippen LogP contribution in [-0.2, 0) is 16.1 Å². The molecule has 3 aliphatic heterocycles. The summed E-state index contributed by atoms with van der Waals surface area (Å²) in [6, 6.07) is 13.0. The van der Waals surface area contributed by atoms with Gasteiger partial charge in [0.2, 0.25) is 5.91 Å². The number of para-hydroxylation sites is 1. The van der Waals surface area contributed by atoms with Crippen LogP contribution >= 0.6 is 0 Å². The smallest absolute Gasteiger partial charge is 0.329 e. The summed E-state index contributed by atoms with van der Waals surface area (Å²) in [6.07, 6.45) is 1.45. The van der Waals surface area contributed by atoms with Gasteiger partial charge in [0.05, 0.1) is 5.69 Å². The lowest BCUT2D eigenvalue weighted by Gasteiger charge is -2.42. The number of hydrogen-bond acceptors (Lipinski definition) is 4. The maximum absolute atomic E-state index is 12.9. The number of amides is 4. The summed E-state index contributed by atoms with van der Waals surface area (Å²) in [7, 11) is 0. The molecule has 0 aliphatic carbocycles. The van der Waals surface area contributed by atoms with Gasteiger partial charge in [-0.3, -0.25) is 14.4 Å². The van der Waals surface area contributed by atoms with Crippen LogP contribution in [0, 0.1) is 5.92 Å². The number of likely N-dealkylation sites (tertiary alicyclic amines) is 1. The summed E-state index contributed by atoms with van der Waals surface area (Å²) >= 11 is 0. The number of nitrogens with one attached hydrogen (secondary N) is 1. The normalized spacial score (nSPS) is 24.7. The second-order valence-electron chi connectivity index (χ2n) is 8.55. The summed E-state index contributed by atoms with van der Waals surface area (Å²) in [6.45, 7) is 1.84. The van der Waals surface area contributed by atoms with Gasteiger partial charge in [-0.1, -0.05) is 24.3 Å². The number of urea groups is 1. The van der Waals surface area contributed by atoms with E-state index in [0.29, 0.717) is 25.3 Å². The van der Waals surface area contributed by atoms with E-state index in [1.807, 2.05) is 21.6 Å². The van der Waals surface area contributed by atoms with Crippen LogP contribution in [-0.4, -0.2) is 46.4 Å². The number of aromatic nitrogens is 1. The second-order valence-corrected chi connectivity index (χ2v) is 8.55. The molecule has 1 aromatic carbocycles. The summed E-state index contributed by atoms with van der Waals surface area (Å²) in [5.41, 5.74) is 1.54. The van der Waals surface area contributed by atoms with Crippen LogP contribution in [0.25, 0.3) is 0 Å². The SMILES string of the molecule is O=C(CCC1NC(=O)N(c2ccccc2)C1=O)N1C[C@H]2C[C@@H](C1)c1cccc(=O)n1C2. The van der Waals surface area contributed by atoms with Gasteiger partial charge in [0.25, 0.3) is 11.5 Å². The third kappa shape index (κ3) is 3.52. The molecular weight excluding hydrogens is 396 g/mol. The molecule has 1 aromatic heterocycles. The van der Waals surface area contributed by atoms with Crippen molar-refractivity contribution in [3.8, 4) is 0 Å². The Bertz CT molecular complexity index is 1100. The zero-order valence-electron chi connectivity index (χ0n) is 17.1. The van der Waals surface area contributed by atoms with Crippen LogP contribution in [0.5, 0.6) is 0 Å². The van der Waals surface area contributed by atoms with E-state index in [-0.39, 0.29) is 42.1 Å². The first-order valence-electron chi connectivity index (χ1n) is 10.7. The molecular formula is C23H24N4O4. The highest BCUT2D eigenvalue weighted by Crippen LogP contribution is 2.35. The van der Waals surface area contributed by atoms with Crippen molar-refractivity contribution in [1.29, 1.82) is 0 Å². The molecule has 3 atom stereocenters. The van der Waals surface area contributed by atoms with E-state index in [1.165, 1.54) is 0 Å². The molecule has 8 nitrogen and oxygen atoms in total. The molecule has 2 fully saturated rings. The molecule has 2 bridgehead atoms. The number of rotatable bonds is 4. The number of imide groups is 1. The zero-order chi connectivity index (χ0) is 21.5. The Morgan fingerprint density at radius 1 is 0.968 bits per heavy atom. The minimum atomic E-state index is -0.694. The van der Waals surface area contributed by atoms with Crippen LogP contribution in [0.1, 0.15) is 30.9 Å². The largest absolute Gasteiger partial charge is 0.342 e. The van der Waals surface area contributed by atoms with Crippen molar-refractivity contribution in [2.24, 2.45) is 5.92 Å². The molecule has 5 rings (SSSR count). The first kappa shape index (κ1) is 19.5. The van der Waals surface area contributed by atoms with Crippen LogP contribution in [0.2, 0.25) is 0 Å². The van der Waals surface area contributed by atoms with Crippen LogP contribution in [0.4, 0.5) is 10.5 Å². The van der Waals surface area contributed by atoms with Crippen molar-refractivity contribution in [1.82, 2.24) is 14.8 Å². The molecule has 1 unspecified atom stereocenters. The van der Waals surface area contributed by atoms with E-state index in [0.717, 1.165) is 17.0 Å². The fraction of sp³-hybridized carbons (Fsp3) is 0.391. The number of carbonyl (C=O) groups is 3. The molecule has 0 spiro atoms. The number of carbonyl (C=O) groups excluding carboxylic acids is 3. The Labute approximate surface area is 179 Å². The van der Waals surface area contributed by atoms with Gasteiger partial charge in [0.15, 0.2) is 0 Å². The third-order valence-corrected chi connectivity index (χ3v) is 6.51. The Morgan fingerprint density at radius 2 is 1.77 bits per heavy atom. The lowest BCUT2D eigenvalue weighted by Crippen LogP contribution is -2.49. The van der Waals surface area contributed by atoms with Gasteiger partial charge < -0.3 is 14.8 Å². The van der Waals surface area contributed by atoms with Crippen LogP contribution in [0.15, 0.2) is 53.3 Å². The molecule has 2 aromatic rings. The van der Waals surface area contributed by atoms with Gasteiger partial charge in [-0.2, -0.15) is 0 Å². The molecule has 0 saturated carbocycles. The second kappa shape index (κ2) is 7.68. The molecule has 2 saturated heterocycles. The molecule has 3 aliphatic rings. The number of anilines is 1. The van der Waals surface area contributed by atoms with Gasteiger partial charge in [-0.25, -0.2) is 9.69 Å². The molecule has 160 valence electrons. The minimum Gasteiger partial charge on any atom is -0.342 e. The Balaban J connectivity index is 1.22. The van der Waals surface area contributed by atoms with Crippen LogP contribution in [0.3, 0.4) is 0 Å². The number of pyridine rings is 1. The Hall–Kier alpha value is -3.42. The van der Waals surface area contributed by atoms with Gasteiger partial charge in [-0.15, -0.1) is 0 Å². The van der Waals surface area contributed by atoms with E-state index in [1.54, 1.807) is 36.4 Å². The highest BCUT2D eigenvalue weighted by molar-refractivity contribution is 6.21. The monoisotopic (exact) mass is 420 g/mol. The van der Waals surface area contributed by atoms with Crippen molar-refractivity contribution in [2.75, 3.05) is 18.0 Å². The van der Waals surface area contributed by atoms with Gasteiger partial charge in [0, 0.05) is 43.7 Å². The van der Waals surface area contributed by atoms with E-state index in [4.69, 9.17) is 0 Å². The summed E-state index contributed by atoms with van der Waals surface area (Å²) < 4.78 is 1.84. The number of nitrogens with zero attached hydrogens (tertiary/aromatic N) is 3. The predicted molar refractivity (Wildman–Crippen MR) is 114 cm³/mol.